The van der Waals surface area contributed by atoms with E-state index >= 15 is 0 Å². The lowest BCUT2D eigenvalue weighted by molar-refractivity contribution is -0.138. The van der Waals surface area contributed by atoms with Gasteiger partial charge in [-0.05, 0) is 43.5 Å². The molecule has 0 spiro atoms. The molecule has 5 nitrogen and oxygen atoms in total. The van der Waals surface area contributed by atoms with Gasteiger partial charge in [0.15, 0.2) is 0 Å². The van der Waals surface area contributed by atoms with Crippen molar-refractivity contribution in [3.8, 4) is 5.75 Å². The molecule has 19 heavy (non-hydrogen) atoms. The Bertz CT molecular complexity index is 423. The summed E-state index contributed by atoms with van der Waals surface area (Å²) in [4.78, 5) is 10.5. The topological polar surface area (TPSA) is 84.6 Å². The molecule has 0 aliphatic carbocycles. The van der Waals surface area contributed by atoms with Gasteiger partial charge in [0.25, 0.3) is 0 Å². The molecule has 4 N–H and O–H groups in total. The lowest BCUT2D eigenvalue weighted by Gasteiger charge is -2.12. The van der Waals surface area contributed by atoms with Crippen LogP contribution in [-0.2, 0) is 11.2 Å². The second kappa shape index (κ2) is 7.11. The summed E-state index contributed by atoms with van der Waals surface area (Å²) in [5.74, 6) is -0.0618. The van der Waals surface area contributed by atoms with Crippen LogP contribution in [0.15, 0.2) is 12.1 Å². The third kappa shape index (κ3) is 4.54. The molecule has 0 aliphatic rings. The van der Waals surface area contributed by atoms with Gasteiger partial charge in [-0.1, -0.05) is 12.1 Å². The minimum atomic E-state index is -0.983. The summed E-state index contributed by atoms with van der Waals surface area (Å²) in [7, 11) is 1.67. The third-order valence-corrected chi connectivity index (χ3v) is 3.00. The number of carboxylic acids is 1. The molecular formula is C14H22N2O3. The summed E-state index contributed by atoms with van der Waals surface area (Å²) in [5.41, 5.74) is 8.83. The molecule has 0 heterocycles. The molecular weight excluding hydrogens is 244 g/mol. The molecule has 5 heteroatoms. The van der Waals surface area contributed by atoms with Gasteiger partial charge in [0.1, 0.15) is 11.8 Å². The number of hydrogen-bond donors (Lipinski definition) is 3. The van der Waals surface area contributed by atoms with E-state index in [-0.39, 0.29) is 6.54 Å². The van der Waals surface area contributed by atoms with E-state index in [9.17, 15) is 4.79 Å². The van der Waals surface area contributed by atoms with Crippen LogP contribution in [-0.4, -0.2) is 37.3 Å². The molecule has 0 aliphatic heterocycles. The first-order valence-electron chi connectivity index (χ1n) is 6.29. The van der Waals surface area contributed by atoms with Crippen molar-refractivity contribution >= 4 is 5.97 Å². The van der Waals surface area contributed by atoms with Crippen LogP contribution in [0.25, 0.3) is 0 Å². The number of hydrogen-bond acceptors (Lipinski definition) is 4. The fraction of sp³-hybridized carbons (Fsp3) is 0.500. The number of nitrogens with one attached hydrogen (secondary N) is 1. The van der Waals surface area contributed by atoms with E-state index < -0.39 is 12.0 Å². The van der Waals surface area contributed by atoms with Crippen molar-refractivity contribution in [3.05, 3.63) is 28.8 Å². The third-order valence-electron chi connectivity index (χ3n) is 3.00. The Morgan fingerprint density at radius 2 is 2.00 bits per heavy atom. The van der Waals surface area contributed by atoms with Crippen molar-refractivity contribution in [3.63, 3.8) is 0 Å². The van der Waals surface area contributed by atoms with E-state index in [1.807, 2.05) is 13.8 Å². The van der Waals surface area contributed by atoms with Crippen LogP contribution in [0.1, 0.15) is 16.7 Å². The molecule has 0 bridgehead atoms. The van der Waals surface area contributed by atoms with Crippen molar-refractivity contribution in [2.45, 2.75) is 26.3 Å². The summed E-state index contributed by atoms with van der Waals surface area (Å²) in [6.07, 6.45) is 0.831. The summed E-state index contributed by atoms with van der Waals surface area (Å²) in [6.45, 7) is 5.02. The lowest BCUT2D eigenvalue weighted by Crippen LogP contribution is -2.40. The normalized spacial score (nSPS) is 12.2. The number of nitrogens with two attached hydrogens (primary N) is 1. The number of aliphatic carboxylic acids is 1. The number of aryl methyl sites for hydroxylation is 2. The molecule has 1 rings (SSSR count). The van der Waals surface area contributed by atoms with Crippen LogP contribution in [0.5, 0.6) is 5.75 Å². The number of carboxylic acid groups (broad SMARTS) is 1. The quantitative estimate of drug-likeness (QED) is 0.637. The molecule has 0 amide bonds. The van der Waals surface area contributed by atoms with Crippen LogP contribution in [0, 0.1) is 13.8 Å². The molecule has 0 fully saturated rings. The molecule has 0 saturated heterocycles. The van der Waals surface area contributed by atoms with Gasteiger partial charge in [0.2, 0.25) is 0 Å². The average Bonchev–Trinajstić information content (AvgIpc) is 2.34. The molecule has 1 aromatic rings. The highest BCUT2D eigenvalue weighted by Crippen LogP contribution is 2.24. The molecule has 0 radical (unpaired) electrons. The van der Waals surface area contributed by atoms with Gasteiger partial charge in [0, 0.05) is 6.54 Å². The smallest absolute Gasteiger partial charge is 0.321 e. The summed E-state index contributed by atoms with van der Waals surface area (Å²) >= 11 is 0. The maximum Gasteiger partial charge on any atom is 0.321 e. The largest absolute Gasteiger partial charge is 0.496 e. The maximum absolute atomic E-state index is 10.5. The average molecular weight is 266 g/mol. The Morgan fingerprint density at radius 3 is 2.47 bits per heavy atom. The van der Waals surface area contributed by atoms with Gasteiger partial charge < -0.3 is 20.9 Å². The second-order valence-corrected chi connectivity index (χ2v) is 4.66. The standard InChI is InChI=1S/C14H22N2O3/c1-9-6-11(7-10(2)13(9)19-3)4-5-16-8-12(15)14(17)18/h6-7,12,16H,4-5,8,15H2,1-3H3,(H,17,18). The Hall–Kier alpha value is -1.59. The van der Waals surface area contributed by atoms with E-state index in [4.69, 9.17) is 15.6 Å². The van der Waals surface area contributed by atoms with Crippen LogP contribution in [0.3, 0.4) is 0 Å². The number of methoxy groups -OCH3 is 1. The highest BCUT2D eigenvalue weighted by molar-refractivity contribution is 5.73. The van der Waals surface area contributed by atoms with Crippen molar-refractivity contribution in [2.75, 3.05) is 20.2 Å². The minimum Gasteiger partial charge on any atom is -0.496 e. The van der Waals surface area contributed by atoms with Crippen LogP contribution in [0.4, 0.5) is 0 Å². The lowest BCUT2D eigenvalue weighted by atomic mass is 10.0. The van der Waals surface area contributed by atoms with Crippen molar-refractivity contribution in [1.82, 2.24) is 5.32 Å². The highest BCUT2D eigenvalue weighted by Gasteiger charge is 2.10. The zero-order chi connectivity index (χ0) is 14.4. The SMILES string of the molecule is COc1c(C)cc(CCNCC(N)C(=O)O)cc1C. The van der Waals surface area contributed by atoms with Crippen LogP contribution in [0.2, 0.25) is 0 Å². The van der Waals surface area contributed by atoms with Gasteiger partial charge in [-0.15, -0.1) is 0 Å². The first-order valence-corrected chi connectivity index (χ1v) is 6.29. The van der Waals surface area contributed by atoms with Crippen LogP contribution < -0.4 is 15.8 Å². The predicted octanol–water partition coefficient (Wildman–Crippen LogP) is 0.856. The van der Waals surface area contributed by atoms with Crippen molar-refractivity contribution in [1.29, 1.82) is 0 Å². The zero-order valence-corrected chi connectivity index (χ0v) is 11.7. The summed E-state index contributed by atoms with van der Waals surface area (Å²) in [5, 5.41) is 11.7. The molecule has 106 valence electrons. The predicted molar refractivity (Wildman–Crippen MR) is 74.7 cm³/mol. The number of ether oxygens (including phenoxy) is 1. The number of rotatable bonds is 7. The number of benzene rings is 1. The molecule has 0 aromatic heterocycles. The van der Waals surface area contributed by atoms with E-state index in [0.29, 0.717) is 6.54 Å². The summed E-state index contributed by atoms with van der Waals surface area (Å²) in [6, 6.07) is 3.33. The minimum absolute atomic E-state index is 0.281. The van der Waals surface area contributed by atoms with E-state index in [1.54, 1.807) is 7.11 Å². The Morgan fingerprint density at radius 1 is 1.42 bits per heavy atom. The van der Waals surface area contributed by atoms with E-state index in [0.717, 1.165) is 23.3 Å². The van der Waals surface area contributed by atoms with Crippen molar-refractivity contribution in [2.24, 2.45) is 5.73 Å². The molecule has 0 saturated carbocycles. The number of carbonyl (C=O) groups is 1. The fourth-order valence-corrected chi connectivity index (χ4v) is 2.08. The van der Waals surface area contributed by atoms with Crippen LogP contribution >= 0.6 is 0 Å². The van der Waals surface area contributed by atoms with Crippen molar-refractivity contribution < 1.29 is 14.6 Å². The second-order valence-electron chi connectivity index (χ2n) is 4.66. The first kappa shape index (κ1) is 15.5. The highest BCUT2D eigenvalue weighted by atomic mass is 16.5. The monoisotopic (exact) mass is 266 g/mol. The Balaban J connectivity index is 2.48. The van der Waals surface area contributed by atoms with Gasteiger partial charge in [-0.25, -0.2) is 0 Å². The molecule has 1 atom stereocenters. The Kier molecular flexibility index (Phi) is 5.79. The summed E-state index contributed by atoms with van der Waals surface area (Å²) < 4.78 is 5.32. The molecule has 1 aromatic carbocycles. The van der Waals surface area contributed by atoms with E-state index in [1.165, 1.54) is 5.56 Å². The van der Waals surface area contributed by atoms with Gasteiger partial charge in [-0.2, -0.15) is 0 Å². The fourth-order valence-electron chi connectivity index (χ4n) is 2.08. The Labute approximate surface area is 113 Å². The zero-order valence-electron chi connectivity index (χ0n) is 11.7. The van der Waals surface area contributed by atoms with Gasteiger partial charge in [0.05, 0.1) is 7.11 Å². The first-order chi connectivity index (χ1) is 8.95. The van der Waals surface area contributed by atoms with Gasteiger partial charge in [-0.3, -0.25) is 4.79 Å². The maximum atomic E-state index is 10.5. The van der Waals surface area contributed by atoms with E-state index in [2.05, 4.69) is 17.4 Å². The van der Waals surface area contributed by atoms with Gasteiger partial charge >= 0.3 is 5.97 Å². The molecule has 1 unspecified atom stereocenters.